The van der Waals surface area contributed by atoms with Gasteiger partial charge in [-0.25, -0.2) is 14.6 Å². The van der Waals surface area contributed by atoms with E-state index < -0.39 is 36.7 Å². The van der Waals surface area contributed by atoms with E-state index in [4.69, 9.17) is 9.84 Å². The maximum absolute atomic E-state index is 12.8. The Balaban J connectivity index is 1.44. The fourth-order valence-corrected chi connectivity index (χ4v) is 4.27. The van der Waals surface area contributed by atoms with Gasteiger partial charge >= 0.3 is 12.1 Å². The second kappa shape index (κ2) is 10.8. The lowest BCUT2D eigenvalue weighted by Gasteiger charge is -2.21. The summed E-state index contributed by atoms with van der Waals surface area (Å²) in [5, 5.41) is 23.3. The van der Waals surface area contributed by atoms with Gasteiger partial charge < -0.3 is 30.6 Å². The first-order chi connectivity index (χ1) is 17.0. The van der Waals surface area contributed by atoms with Crippen molar-refractivity contribution in [1.82, 2.24) is 20.6 Å². The number of rotatable bonds is 10. The van der Waals surface area contributed by atoms with Gasteiger partial charge in [0.2, 0.25) is 5.91 Å². The van der Waals surface area contributed by atoms with E-state index in [-0.39, 0.29) is 25.4 Å². The minimum Gasteiger partial charge on any atom is -0.480 e. The quantitative estimate of drug-likeness (QED) is 0.298. The van der Waals surface area contributed by atoms with Crippen LogP contribution in [-0.4, -0.2) is 63.4 Å². The average Bonchev–Trinajstić information content (AvgIpc) is 3.48. The molecule has 1 aromatic heterocycles. The van der Waals surface area contributed by atoms with E-state index in [1.165, 1.54) is 12.5 Å². The molecular formula is C25H26N4O6. The van der Waals surface area contributed by atoms with Gasteiger partial charge in [0.25, 0.3) is 0 Å². The number of H-pyrrole nitrogens is 1. The van der Waals surface area contributed by atoms with Crippen molar-refractivity contribution in [1.29, 1.82) is 0 Å². The number of hydrogen-bond acceptors (Lipinski definition) is 6. The van der Waals surface area contributed by atoms with Crippen molar-refractivity contribution in [3.05, 3.63) is 77.9 Å². The zero-order chi connectivity index (χ0) is 24.8. The standard InChI is InChI=1S/C25H26N4O6/c30-10-9-21(24(32)33)28-23(31)22(11-15-12-26-14-27-15)29-25(34)35-13-20-18-7-3-1-5-16(18)17-6-2-4-8-19(17)20/h1-8,12,14,20-22,30H,9-11,13H2,(H,26,27)(H,28,31)(H,29,34)(H,32,33)/t21-,22-/m1/s1. The first kappa shape index (κ1) is 24.0. The van der Waals surface area contributed by atoms with Crippen LogP contribution in [0.1, 0.15) is 29.2 Å². The molecule has 3 aromatic rings. The Hall–Kier alpha value is -4.18. The van der Waals surface area contributed by atoms with E-state index in [0.29, 0.717) is 5.69 Å². The van der Waals surface area contributed by atoms with Crippen molar-refractivity contribution in [2.45, 2.75) is 30.8 Å². The lowest BCUT2D eigenvalue weighted by Crippen LogP contribution is -2.52. The van der Waals surface area contributed by atoms with E-state index in [9.17, 15) is 19.5 Å². The van der Waals surface area contributed by atoms with E-state index in [1.54, 1.807) is 0 Å². The van der Waals surface area contributed by atoms with Crippen LogP contribution >= 0.6 is 0 Å². The van der Waals surface area contributed by atoms with Gasteiger partial charge in [0.15, 0.2) is 0 Å². The molecule has 0 spiro atoms. The number of alkyl carbamates (subject to hydrolysis) is 1. The van der Waals surface area contributed by atoms with Gasteiger partial charge in [0, 0.05) is 37.3 Å². The molecule has 1 aliphatic rings. The number of aliphatic carboxylic acids is 1. The number of carbonyl (C=O) groups excluding carboxylic acids is 2. The third kappa shape index (κ3) is 5.49. The SMILES string of the molecule is O=C(N[C@H](Cc1cnc[nH]1)C(=O)N[C@H](CCO)C(=O)O)OCC1c2ccccc2-c2ccccc21. The molecule has 0 unspecified atom stereocenters. The van der Waals surface area contributed by atoms with Crippen LogP contribution < -0.4 is 10.6 Å². The highest BCUT2D eigenvalue weighted by atomic mass is 16.5. The molecule has 0 saturated carbocycles. The summed E-state index contributed by atoms with van der Waals surface area (Å²) in [6, 6.07) is 13.5. The second-order valence-corrected chi connectivity index (χ2v) is 8.22. The van der Waals surface area contributed by atoms with Crippen LogP contribution in [0.15, 0.2) is 61.1 Å². The van der Waals surface area contributed by atoms with Crippen molar-refractivity contribution >= 4 is 18.0 Å². The molecule has 5 N–H and O–H groups in total. The summed E-state index contributed by atoms with van der Waals surface area (Å²) in [6.07, 6.45) is 2.01. The minimum absolute atomic E-state index is 0.0431. The molecule has 0 radical (unpaired) electrons. The smallest absolute Gasteiger partial charge is 0.407 e. The number of carboxylic acid groups (broad SMARTS) is 1. The summed E-state index contributed by atoms with van der Waals surface area (Å²) in [4.78, 5) is 43.7. The molecule has 0 saturated heterocycles. The molecule has 2 atom stereocenters. The number of aromatic nitrogens is 2. The molecule has 10 heteroatoms. The third-order valence-electron chi connectivity index (χ3n) is 5.96. The highest BCUT2D eigenvalue weighted by Crippen LogP contribution is 2.44. The predicted molar refractivity (Wildman–Crippen MR) is 126 cm³/mol. The fourth-order valence-electron chi connectivity index (χ4n) is 4.27. The molecule has 1 aliphatic carbocycles. The molecular weight excluding hydrogens is 452 g/mol. The zero-order valence-electron chi connectivity index (χ0n) is 18.8. The molecule has 0 fully saturated rings. The van der Waals surface area contributed by atoms with Crippen LogP contribution in [0.5, 0.6) is 0 Å². The van der Waals surface area contributed by atoms with Crippen molar-refractivity contribution in [3.63, 3.8) is 0 Å². The number of aliphatic hydroxyl groups is 1. The summed E-state index contributed by atoms with van der Waals surface area (Å²) in [6.45, 7) is -0.344. The van der Waals surface area contributed by atoms with Gasteiger partial charge in [0.1, 0.15) is 18.7 Å². The van der Waals surface area contributed by atoms with Gasteiger partial charge in [-0.1, -0.05) is 48.5 Å². The number of nitrogens with one attached hydrogen (secondary N) is 3. The van der Waals surface area contributed by atoms with Crippen molar-refractivity contribution in [2.75, 3.05) is 13.2 Å². The molecule has 0 bridgehead atoms. The Labute approximate surface area is 201 Å². The second-order valence-electron chi connectivity index (χ2n) is 8.22. The van der Waals surface area contributed by atoms with Crippen molar-refractivity contribution in [3.8, 4) is 11.1 Å². The summed E-state index contributed by atoms with van der Waals surface area (Å²) in [5.74, 6) is -2.14. The molecule has 0 aliphatic heterocycles. The number of carboxylic acids is 1. The predicted octanol–water partition coefficient (Wildman–Crippen LogP) is 1.81. The topological polar surface area (TPSA) is 154 Å². The Kier molecular flexibility index (Phi) is 7.41. The van der Waals surface area contributed by atoms with Gasteiger partial charge in [-0.05, 0) is 22.3 Å². The zero-order valence-corrected chi connectivity index (χ0v) is 18.8. The highest BCUT2D eigenvalue weighted by Gasteiger charge is 2.31. The maximum Gasteiger partial charge on any atom is 0.407 e. The number of aromatic amines is 1. The number of amides is 2. The lowest BCUT2D eigenvalue weighted by atomic mass is 9.98. The summed E-state index contributed by atoms with van der Waals surface area (Å²) in [5.41, 5.74) is 4.87. The number of ether oxygens (including phenoxy) is 1. The molecule has 182 valence electrons. The molecule has 1 heterocycles. The number of fused-ring (bicyclic) bond motifs is 3. The van der Waals surface area contributed by atoms with Crippen LogP contribution in [0.25, 0.3) is 11.1 Å². The molecule has 35 heavy (non-hydrogen) atoms. The summed E-state index contributed by atoms with van der Waals surface area (Å²) < 4.78 is 5.53. The van der Waals surface area contributed by atoms with Crippen molar-refractivity contribution < 1.29 is 29.3 Å². The molecule has 10 nitrogen and oxygen atoms in total. The molecule has 2 aromatic carbocycles. The minimum atomic E-state index is -1.29. The van der Waals surface area contributed by atoms with E-state index in [0.717, 1.165) is 22.3 Å². The number of carbonyl (C=O) groups is 3. The van der Waals surface area contributed by atoms with Crippen LogP contribution in [0.2, 0.25) is 0 Å². The monoisotopic (exact) mass is 478 g/mol. The van der Waals surface area contributed by atoms with E-state index >= 15 is 0 Å². The first-order valence-electron chi connectivity index (χ1n) is 11.2. The highest BCUT2D eigenvalue weighted by molar-refractivity contribution is 5.89. The van der Waals surface area contributed by atoms with Crippen LogP contribution in [0.4, 0.5) is 4.79 Å². The Morgan fingerprint density at radius 2 is 1.66 bits per heavy atom. The maximum atomic E-state index is 12.8. The largest absolute Gasteiger partial charge is 0.480 e. The van der Waals surface area contributed by atoms with Gasteiger partial charge in [-0.15, -0.1) is 0 Å². The Bertz CT molecular complexity index is 1150. The average molecular weight is 479 g/mol. The Morgan fingerprint density at radius 3 is 2.23 bits per heavy atom. The van der Waals surface area contributed by atoms with E-state index in [1.807, 2.05) is 48.5 Å². The summed E-state index contributed by atoms with van der Waals surface area (Å²) >= 11 is 0. The fraction of sp³-hybridized carbons (Fsp3) is 0.280. The number of benzene rings is 2. The van der Waals surface area contributed by atoms with E-state index in [2.05, 4.69) is 20.6 Å². The van der Waals surface area contributed by atoms with Crippen LogP contribution in [0, 0.1) is 0 Å². The molecule has 2 amide bonds. The number of hydrogen-bond donors (Lipinski definition) is 5. The molecule has 4 rings (SSSR count). The van der Waals surface area contributed by atoms with Gasteiger partial charge in [0.05, 0.1) is 6.33 Å². The summed E-state index contributed by atoms with van der Waals surface area (Å²) in [7, 11) is 0. The lowest BCUT2D eigenvalue weighted by molar-refractivity contribution is -0.142. The number of imidazole rings is 1. The normalized spacial score (nSPS) is 13.9. The third-order valence-corrected chi connectivity index (χ3v) is 5.96. The number of aliphatic hydroxyl groups excluding tert-OH is 1. The van der Waals surface area contributed by atoms with Gasteiger partial charge in [-0.2, -0.15) is 0 Å². The van der Waals surface area contributed by atoms with Crippen LogP contribution in [-0.2, 0) is 20.7 Å². The van der Waals surface area contributed by atoms with Gasteiger partial charge in [-0.3, -0.25) is 4.79 Å². The number of nitrogens with zero attached hydrogens (tertiary/aromatic N) is 1. The van der Waals surface area contributed by atoms with Crippen molar-refractivity contribution in [2.24, 2.45) is 0 Å². The van der Waals surface area contributed by atoms with Crippen LogP contribution in [0.3, 0.4) is 0 Å². The Morgan fingerprint density at radius 1 is 1.00 bits per heavy atom. The first-order valence-corrected chi connectivity index (χ1v) is 11.2.